The number of amidine groups is 2. The number of halogens is 1. The zero-order valence-corrected chi connectivity index (χ0v) is 7.06. The predicted octanol–water partition coefficient (Wildman–Crippen LogP) is 0.665. The van der Waals surface area contributed by atoms with Gasteiger partial charge in [0.05, 0.1) is 0 Å². The molecule has 0 aromatic heterocycles. The van der Waals surface area contributed by atoms with Crippen molar-refractivity contribution < 1.29 is 10.0 Å². The Bertz CT molecular complexity index is 395. The Hall–Kier alpha value is -1.62. The first-order valence-electron chi connectivity index (χ1n) is 3.42. The molecule has 6 heteroatoms. The van der Waals surface area contributed by atoms with E-state index in [0.717, 1.165) is 0 Å². The highest BCUT2D eigenvalue weighted by molar-refractivity contribution is 6.48. The maximum absolute atomic E-state index is 11.1. The summed E-state index contributed by atoms with van der Waals surface area (Å²) in [6.07, 6.45) is 4.60. The maximum atomic E-state index is 11.1. The van der Waals surface area contributed by atoms with Crippen LogP contribution in [0.4, 0.5) is 0 Å². The summed E-state index contributed by atoms with van der Waals surface area (Å²) in [7, 11) is 0. The standard InChI is InChI=1S/C7H4ClN3O2/c8-4-1-2-11-5(3-4)9-7(12)6(11)10-13/h1-3,13H. The number of nitrogens with zero attached hydrogens (tertiary/aromatic N) is 3. The van der Waals surface area contributed by atoms with Crippen LogP contribution in [-0.4, -0.2) is 27.7 Å². The summed E-state index contributed by atoms with van der Waals surface area (Å²) in [5.41, 5.74) is 0. The molecule has 1 N–H and O–H groups in total. The molecule has 2 rings (SSSR count). The average Bonchev–Trinajstić information content (AvgIpc) is 2.39. The summed E-state index contributed by atoms with van der Waals surface area (Å²) in [5, 5.41) is 11.8. The molecule has 0 aromatic carbocycles. The van der Waals surface area contributed by atoms with Gasteiger partial charge in [-0.2, -0.15) is 4.99 Å². The molecule has 1 amide bonds. The number of hydrogen-bond donors (Lipinski definition) is 1. The van der Waals surface area contributed by atoms with Gasteiger partial charge in [0, 0.05) is 17.3 Å². The molecule has 0 atom stereocenters. The Balaban J connectivity index is 2.46. The zero-order chi connectivity index (χ0) is 9.42. The van der Waals surface area contributed by atoms with Crippen LogP contribution in [0.25, 0.3) is 0 Å². The molecule has 0 saturated carbocycles. The van der Waals surface area contributed by atoms with Gasteiger partial charge in [-0.05, 0) is 6.08 Å². The van der Waals surface area contributed by atoms with Gasteiger partial charge in [0.2, 0.25) is 5.84 Å². The Labute approximate surface area is 78.3 Å². The minimum Gasteiger partial charge on any atom is -0.409 e. The maximum Gasteiger partial charge on any atom is 0.318 e. The highest BCUT2D eigenvalue weighted by Crippen LogP contribution is 2.17. The van der Waals surface area contributed by atoms with Crippen molar-refractivity contribution in [2.45, 2.75) is 0 Å². The first-order chi connectivity index (χ1) is 6.22. The lowest BCUT2D eigenvalue weighted by molar-refractivity contribution is -0.111. The number of oxime groups is 1. The van der Waals surface area contributed by atoms with E-state index in [9.17, 15) is 4.79 Å². The van der Waals surface area contributed by atoms with E-state index in [1.54, 1.807) is 6.08 Å². The topological polar surface area (TPSA) is 65.3 Å². The van der Waals surface area contributed by atoms with E-state index in [1.807, 2.05) is 0 Å². The molecule has 0 saturated heterocycles. The fraction of sp³-hybridized carbons (Fsp3) is 0. The van der Waals surface area contributed by atoms with E-state index < -0.39 is 5.91 Å². The van der Waals surface area contributed by atoms with Gasteiger partial charge in [-0.1, -0.05) is 16.8 Å². The average molecular weight is 198 g/mol. The second-order valence-corrected chi connectivity index (χ2v) is 2.85. The van der Waals surface area contributed by atoms with Crippen LogP contribution in [0.2, 0.25) is 0 Å². The minimum absolute atomic E-state index is 0.119. The van der Waals surface area contributed by atoms with Gasteiger partial charge in [-0.15, -0.1) is 0 Å². The van der Waals surface area contributed by atoms with Gasteiger partial charge < -0.3 is 5.21 Å². The van der Waals surface area contributed by atoms with Crippen molar-refractivity contribution in [1.29, 1.82) is 0 Å². The van der Waals surface area contributed by atoms with E-state index in [0.29, 0.717) is 10.9 Å². The number of fused-ring (bicyclic) bond motifs is 1. The molecule has 66 valence electrons. The molecule has 0 spiro atoms. The number of amides is 1. The van der Waals surface area contributed by atoms with Gasteiger partial charge in [0.25, 0.3) is 0 Å². The van der Waals surface area contributed by atoms with Crippen molar-refractivity contribution in [3.8, 4) is 0 Å². The van der Waals surface area contributed by atoms with Crippen molar-refractivity contribution in [1.82, 2.24) is 4.90 Å². The first kappa shape index (κ1) is 8.00. The van der Waals surface area contributed by atoms with Crippen molar-refractivity contribution in [2.24, 2.45) is 10.1 Å². The van der Waals surface area contributed by atoms with Gasteiger partial charge in [0.15, 0.2) is 0 Å². The predicted molar refractivity (Wildman–Crippen MR) is 46.6 cm³/mol. The van der Waals surface area contributed by atoms with Gasteiger partial charge >= 0.3 is 5.91 Å². The van der Waals surface area contributed by atoms with E-state index in [-0.39, 0.29) is 5.84 Å². The second kappa shape index (κ2) is 2.70. The van der Waals surface area contributed by atoms with E-state index in [1.165, 1.54) is 17.2 Å². The van der Waals surface area contributed by atoms with E-state index >= 15 is 0 Å². The zero-order valence-electron chi connectivity index (χ0n) is 6.31. The van der Waals surface area contributed by atoms with E-state index in [4.69, 9.17) is 16.8 Å². The Kier molecular flexibility index (Phi) is 1.66. The normalized spacial score (nSPS) is 23.3. The lowest BCUT2D eigenvalue weighted by atomic mass is 10.3. The molecule has 0 fully saturated rings. The van der Waals surface area contributed by atoms with Crippen LogP contribution >= 0.6 is 11.6 Å². The first-order valence-corrected chi connectivity index (χ1v) is 3.80. The Morgan fingerprint density at radius 2 is 2.38 bits per heavy atom. The van der Waals surface area contributed by atoms with Crippen molar-refractivity contribution >= 4 is 29.2 Å². The van der Waals surface area contributed by atoms with Crippen LogP contribution in [-0.2, 0) is 4.79 Å². The lowest BCUT2D eigenvalue weighted by Crippen LogP contribution is -2.29. The van der Waals surface area contributed by atoms with Crippen LogP contribution in [0.1, 0.15) is 0 Å². The van der Waals surface area contributed by atoms with Gasteiger partial charge in [-0.3, -0.25) is 9.69 Å². The van der Waals surface area contributed by atoms with Crippen LogP contribution in [0.3, 0.4) is 0 Å². The van der Waals surface area contributed by atoms with Gasteiger partial charge in [-0.25, -0.2) is 0 Å². The summed E-state index contributed by atoms with van der Waals surface area (Å²) in [5.74, 6) is -0.332. The molecule has 13 heavy (non-hydrogen) atoms. The summed E-state index contributed by atoms with van der Waals surface area (Å²) in [4.78, 5) is 16.0. The number of hydrogen-bond acceptors (Lipinski definition) is 3. The number of carbonyl (C=O) groups is 1. The molecule has 0 aromatic rings. The molecule has 0 bridgehead atoms. The van der Waals surface area contributed by atoms with Crippen LogP contribution in [0.5, 0.6) is 0 Å². The molecule has 2 heterocycles. The van der Waals surface area contributed by atoms with Crippen molar-refractivity contribution in [3.63, 3.8) is 0 Å². The molecule has 0 radical (unpaired) electrons. The molecular weight excluding hydrogens is 194 g/mol. The molecular formula is C7H4ClN3O2. The third-order valence-corrected chi connectivity index (χ3v) is 1.86. The van der Waals surface area contributed by atoms with Gasteiger partial charge in [0.1, 0.15) is 5.84 Å². The number of allylic oxidation sites excluding steroid dienone is 2. The Morgan fingerprint density at radius 3 is 3.08 bits per heavy atom. The lowest BCUT2D eigenvalue weighted by Gasteiger charge is -2.14. The quantitative estimate of drug-likeness (QED) is 0.458. The third kappa shape index (κ3) is 1.13. The summed E-state index contributed by atoms with van der Waals surface area (Å²) in [6, 6.07) is 0. The third-order valence-electron chi connectivity index (χ3n) is 1.63. The van der Waals surface area contributed by atoms with E-state index in [2.05, 4.69) is 10.1 Å². The van der Waals surface area contributed by atoms with Crippen LogP contribution in [0, 0.1) is 0 Å². The number of aliphatic imine (C=N–C) groups is 1. The highest BCUT2D eigenvalue weighted by atomic mass is 35.5. The highest BCUT2D eigenvalue weighted by Gasteiger charge is 2.30. The molecule has 5 nitrogen and oxygen atoms in total. The fourth-order valence-corrected chi connectivity index (χ4v) is 1.23. The van der Waals surface area contributed by atoms with Crippen molar-refractivity contribution in [3.05, 3.63) is 23.4 Å². The summed E-state index contributed by atoms with van der Waals surface area (Å²) >= 11 is 5.67. The SMILES string of the molecule is O=C1N=C2C=C(Cl)C=CN2C1=NO. The fourth-order valence-electron chi connectivity index (χ4n) is 1.08. The monoisotopic (exact) mass is 197 g/mol. The molecule has 0 aliphatic carbocycles. The Morgan fingerprint density at radius 1 is 1.62 bits per heavy atom. The van der Waals surface area contributed by atoms with Crippen molar-refractivity contribution in [2.75, 3.05) is 0 Å². The van der Waals surface area contributed by atoms with Crippen LogP contribution < -0.4 is 0 Å². The molecule has 2 aliphatic rings. The molecule has 2 aliphatic heterocycles. The minimum atomic E-state index is -0.579. The number of rotatable bonds is 0. The largest absolute Gasteiger partial charge is 0.409 e. The number of carbonyl (C=O) groups excluding carboxylic acids is 1. The summed E-state index contributed by atoms with van der Waals surface area (Å²) < 4.78 is 0. The van der Waals surface area contributed by atoms with Crippen LogP contribution in [0.15, 0.2) is 33.5 Å². The second-order valence-electron chi connectivity index (χ2n) is 2.41. The smallest absolute Gasteiger partial charge is 0.318 e. The summed E-state index contributed by atoms with van der Waals surface area (Å²) in [6.45, 7) is 0. The molecule has 0 unspecified atom stereocenters.